The van der Waals surface area contributed by atoms with Crippen molar-refractivity contribution in [2.24, 2.45) is 5.92 Å². The van der Waals surface area contributed by atoms with Gasteiger partial charge in [-0.2, -0.15) is 0 Å². The summed E-state index contributed by atoms with van der Waals surface area (Å²) >= 11 is 0. The van der Waals surface area contributed by atoms with Crippen molar-refractivity contribution >= 4 is 11.6 Å². The molecule has 1 aliphatic rings. The van der Waals surface area contributed by atoms with E-state index in [9.17, 15) is 0 Å². The summed E-state index contributed by atoms with van der Waals surface area (Å²) in [6.45, 7) is 8.81. The van der Waals surface area contributed by atoms with Crippen LogP contribution in [-0.4, -0.2) is 23.6 Å². The largest absolute Gasteiger partial charge is 0.365 e. The molecule has 0 atom stereocenters. The minimum atomic E-state index is 0.0450. The van der Waals surface area contributed by atoms with Crippen molar-refractivity contribution in [2.45, 2.75) is 71.4 Å². The summed E-state index contributed by atoms with van der Waals surface area (Å²) in [5.41, 5.74) is 0.0450. The minimum Gasteiger partial charge on any atom is -0.365 e. The van der Waals surface area contributed by atoms with Crippen LogP contribution in [-0.2, 0) is 0 Å². The van der Waals surface area contributed by atoms with Gasteiger partial charge in [-0.25, -0.2) is 4.98 Å². The maximum atomic E-state index is 4.79. The number of pyridine rings is 1. The van der Waals surface area contributed by atoms with Crippen LogP contribution in [0.4, 0.5) is 11.6 Å². The highest BCUT2D eigenvalue weighted by molar-refractivity contribution is 5.48. The molecule has 0 aliphatic heterocycles. The lowest BCUT2D eigenvalue weighted by molar-refractivity contribution is 0.313. The Kier molecular flexibility index (Phi) is 5.13. The number of anilines is 2. The Balaban J connectivity index is 2.02. The Morgan fingerprint density at radius 2 is 1.86 bits per heavy atom. The van der Waals surface area contributed by atoms with Crippen LogP contribution in [0.15, 0.2) is 18.2 Å². The van der Waals surface area contributed by atoms with E-state index in [1.54, 1.807) is 0 Å². The van der Waals surface area contributed by atoms with Gasteiger partial charge in [0.15, 0.2) is 0 Å². The van der Waals surface area contributed by atoms with Crippen LogP contribution >= 0.6 is 0 Å². The van der Waals surface area contributed by atoms with E-state index in [2.05, 4.69) is 63.2 Å². The predicted molar refractivity (Wildman–Crippen MR) is 92.1 cm³/mol. The van der Waals surface area contributed by atoms with Crippen molar-refractivity contribution in [1.29, 1.82) is 0 Å². The van der Waals surface area contributed by atoms with E-state index in [1.165, 1.54) is 32.1 Å². The highest BCUT2D eigenvalue weighted by Crippen LogP contribution is 2.31. The third-order valence-corrected chi connectivity index (χ3v) is 4.54. The molecular formula is C18H31N3. The van der Waals surface area contributed by atoms with Gasteiger partial charge >= 0.3 is 0 Å². The van der Waals surface area contributed by atoms with E-state index in [0.29, 0.717) is 6.04 Å². The van der Waals surface area contributed by atoms with Crippen LogP contribution in [0.5, 0.6) is 0 Å². The molecule has 3 heteroatoms. The fraction of sp³-hybridized carbons (Fsp3) is 0.722. The molecule has 21 heavy (non-hydrogen) atoms. The van der Waals surface area contributed by atoms with Crippen LogP contribution in [0.3, 0.4) is 0 Å². The summed E-state index contributed by atoms with van der Waals surface area (Å²) in [5, 5.41) is 3.46. The number of nitrogens with one attached hydrogen (secondary N) is 1. The summed E-state index contributed by atoms with van der Waals surface area (Å²) in [7, 11) is 2.19. The third kappa shape index (κ3) is 4.62. The summed E-state index contributed by atoms with van der Waals surface area (Å²) < 4.78 is 0. The zero-order valence-electron chi connectivity index (χ0n) is 14.3. The molecule has 1 heterocycles. The van der Waals surface area contributed by atoms with Crippen LogP contribution in [0.1, 0.15) is 59.8 Å². The first kappa shape index (κ1) is 16.1. The van der Waals surface area contributed by atoms with E-state index in [1.807, 2.05) is 0 Å². The second-order valence-corrected chi connectivity index (χ2v) is 7.45. The van der Waals surface area contributed by atoms with Crippen LogP contribution < -0.4 is 10.2 Å². The molecule has 0 amide bonds. The van der Waals surface area contributed by atoms with Crippen molar-refractivity contribution < 1.29 is 0 Å². The first-order valence-electron chi connectivity index (χ1n) is 8.37. The number of rotatable bonds is 4. The molecule has 1 fully saturated rings. The van der Waals surface area contributed by atoms with Gasteiger partial charge in [-0.05, 0) is 64.5 Å². The van der Waals surface area contributed by atoms with Gasteiger partial charge in [0.2, 0.25) is 0 Å². The van der Waals surface area contributed by atoms with Crippen molar-refractivity contribution in [3.05, 3.63) is 18.2 Å². The molecule has 1 saturated carbocycles. The van der Waals surface area contributed by atoms with Crippen molar-refractivity contribution in [2.75, 3.05) is 17.3 Å². The van der Waals surface area contributed by atoms with E-state index < -0.39 is 0 Å². The molecule has 0 saturated heterocycles. The summed E-state index contributed by atoms with van der Waals surface area (Å²) in [6, 6.07) is 6.92. The molecular weight excluding hydrogens is 258 g/mol. The maximum absolute atomic E-state index is 4.79. The summed E-state index contributed by atoms with van der Waals surface area (Å²) in [5.74, 6) is 3.00. The SMILES string of the molecule is CCC1CCC(N(C)c2cccc(NC(C)(C)C)n2)CC1. The fourth-order valence-electron chi connectivity index (χ4n) is 3.20. The van der Waals surface area contributed by atoms with E-state index in [-0.39, 0.29) is 5.54 Å². The van der Waals surface area contributed by atoms with Crippen LogP contribution in [0.2, 0.25) is 0 Å². The molecule has 1 aromatic heterocycles. The van der Waals surface area contributed by atoms with Gasteiger partial charge in [-0.1, -0.05) is 19.4 Å². The van der Waals surface area contributed by atoms with E-state index in [4.69, 9.17) is 4.98 Å². The quantitative estimate of drug-likeness (QED) is 0.871. The Bertz CT molecular complexity index is 442. The zero-order chi connectivity index (χ0) is 15.5. The van der Waals surface area contributed by atoms with Gasteiger partial charge in [-0.3, -0.25) is 0 Å². The third-order valence-electron chi connectivity index (χ3n) is 4.54. The van der Waals surface area contributed by atoms with Gasteiger partial charge in [0.1, 0.15) is 11.6 Å². The summed E-state index contributed by atoms with van der Waals surface area (Å²) in [4.78, 5) is 7.16. The van der Waals surface area contributed by atoms with Gasteiger partial charge in [-0.15, -0.1) is 0 Å². The Hall–Kier alpha value is -1.25. The van der Waals surface area contributed by atoms with Crippen molar-refractivity contribution in [3.8, 4) is 0 Å². The molecule has 1 N–H and O–H groups in total. The lowest BCUT2D eigenvalue weighted by Crippen LogP contribution is -2.36. The normalized spacial score (nSPS) is 22.9. The van der Waals surface area contributed by atoms with Gasteiger partial charge in [0.05, 0.1) is 0 Å². The Labute approximate surface area is 130 Å². The molecule has 0 radical (unpaired) electrons. The highest BCUT2D eigenvalue weighted by atomic mass is 15.2. The molecule has 2 rings (SSSR count). The van der Waals surface area contributed by atoms with Gasteiger partial charge in [0.25, 0.3) is 0 Å². The van der Waals surface area contributed by atoms with Crippen LogP contribution in [0.25, 0.3) is 0 Å². The Morgan fingerprint density at radius 3 is 2.43 bits per heavy atom. The molecule has 0 unspecified atom stereocenters. The van der Waals surface area contributed by atoms with Crippen molar-refractivity contribution in [3.63, 3.8) is 0 Å². The molecule has 1 aliphatic carbocycles. The number of nitrogens with zero attached hydrogens (tertiary/aromatic N) is 2. The maximum Gasteiger partial charge on any atom is 0.130 e. The highest BCUT2D eigenvalue weighted by Gasteiger charge is 2.24. The molecule has 0 bridgehead atoms. The molecule has 0 aromatic carbocycles. The number of aromatic nitrogens is 1. The lowest BCUT2D eigenvalue weighted by Gasteiger charge is -2.35. The number of hydrogen-bond donors (Lipinski definition) is 1. The predicted octanol–water partition coefficient (Wildman–Crippen LogP) is 4.70. The second-order valence-electron chi connectivity index (χ2n) is 7.45. The molecule has 1 aromatic rings. The van der Waals surface area contributed by atoms with E-state index in [0.717, 1.165) is 17.6 Å². The van der Waals surface area contributed by atoms with Gasteiger partial charge < -0.3 is 10.2 Å². The molecule has 3 nitrogen and oxygen atoms in total. The average Bonchev–Trinajstić information content (AvgIpc) is 2.45. The average molecular weight is 289 g/mol. The molecule has 118 valence electrons. The first-order valence-corrected chi connectivity index (χ1v) is 8.37. The topological polar surface area (TPSA) is 28.2 Å². The zero-order valence-corrected chi connectivity index (χ0v) is 14.3. The second kappa shape index (κ2) is 6.67. The molecule has 0 spiro atoms. The monoisotopic (exact) mass is 289 g/mol. The smallest absolute Gasteiger partial charge is 0.130 e. The van der Waals surface area contributed by atoms with Gasteiger partial charge in [0, 0.05) is 18.6 Å². The minimum absolute atomic E-state index is 0.0450. The fourth-order valence-corrected chi connectivity index (χ4v) is 3.20. The van der Waals surface area contributed by atoms with Crippen LogP contribution in [0, 0.1) is 5.92 Å². The standard InChI is InChI=1S/C18H31N3/c1-6-14-10-12-15(13-11-14)21(5)17-9-7-8-16(19-17)20-18(2,3)4/h7-9,14-15H,6,10-13H2,1-5H3,(H,19,20). The lowest BCUT2D eigenvalue weighted by atomic mass is 9.84. The summed E-state index contributed by atoms with van der Waals surface area (Å²) in [6.07, 6.45) is 6.66. The first-order chi connectivity index (χ1) is 9.89. The number of hydrogen-bond acceptors (Lipinski definition) is 3. The van der Waals surface area contributed by atoms with E-state index >= 15 is 0 Å². The Morgan fingerprint density at radius 1 is 1.19 bits per heavy atom. The van der Waals surface area contributed by atoms with Crippen molar-refractivity contribution in [1.82, 2.24) is 4.98 Å².